The summed E-state index contributed by atoms with van der Waals surface area (Å²) in [5.74, 6) is 0.172. The van der Waals surface area contributed by atoms with Crippen LogP contribution in [0.1, 0.15) is 18.4 Å². The highest BCUT2D eigenvalue weighted by molar-refractivity contribution is 9.10. The average molecular weight is 361 g/mol. The minimum absolute atomic E-state index is 0.172. The molecular weight excluding hydrogens is 340 g/mol. The van der Waals surface area contributed by atoms with Gasteiger partial charge in [-0.1, -0.05) is 22.0 Å². The Morgan fingerprint density at radius 3 is 2.70 bits per heavy atom. The van der Waals surface area contributed by atoms with Crippen LogP contribution in [0.3, 0.4) is 0 Å². The molecule has 0 radical (unpaired) electrons. The molecule has 20 heavy (non-hydrogen) atoms. The minimum atomic E-state index is -2.93. The monoisotopic (exact) mass is 360 g/mol. The number of benzene rings is 1. The van der Waals surface area contributed by atoms with E-state index in [4.69, 9.17) is 0 Å². The van der Waals surface area contributed by atoms with E-state index in [1.54, 1.807) is 0 Å². The SMILES string of the molecule is CN(CCS(C)(=O)=O)c1cc(Br)ccc1CNC1CC1. The number of hydrogen-bond donors (Lipinski definition) is 1. The van der Waals surface area contributed by atoms with E-state index in [0.29, 0.717) is 12.6 Å². The molecule has 0 atom stereocenters. The number of hydrogen-bond acceptors (Lipinski definition) is 4. The van der Waals surface area contributed by atoms with Crippen molar-refractivity contribution in [3.8, 4) is 0 Å². The third kappa shape index (κ3) is 5.07. The topological polar surface area (TPSA) is 49.4 Å². The van der Waals surface area contributed by atoms with Crippen LogP contribution in [0.25, 0.3) is 0 Å². The Morgan fingerprint density at radius 1 is 1.40 bits per heavy atom. The van der Waals surface area contributed by atoms with Crippen molar-refractivity contribution in [2.45, 2.75) is 25.4 Å². The first-order chi connectivity index (χ1) is 9.35. The summed E-state index contributed by atoms with van der Waals surface area (Å²) >= 11 is 3.48. The molecule has 0 aliphatic heterocycles. The quantitative estimate of drug-likeness (QED) is 0.809. The Balaban J connectivity index is 2.08. The van der Waals surface area contributed by atoms with Gasteiger partial charge in [-0.3, -0.25) is 0 Å². The summed E-state index contributed by atoms with van der Waals surface area (Å²) in [5, 5.41) is 3.50. The van der Waals surface area contributed by atoms with Gasteiger partial charge in [-0.25, -0.2) is 8.42 Å². The molecule has 1 aromatic carbocycles. The highest BCUT2D eigenvalue weighted by Gasteiger charge is 2.21. The highest BCUT2D eigenvalue weighted by atomic mass is 79.9. The van der Waals surface area contributed by atoms with E-state index < -0.39 is 9.84 Å². The van der Waals surface area contributed by atoms with Crippen LogP contribution >= 0.6 is 15.9 Å². The van der Waals surface area contributed by atoms with E-state index in [9.17, 15) is 8.42 Å². The summed E-state index contributed by atoms with van der Waals surface area (Å²) in [6, 6.07) is 6.82. The molecule has 0 spiro atoms. The van der Waals surface area contributed by atoms with Crippen LogP contribution in [0.15, 0.2) is 22.7 Å². The Labute approximate surface area is 129 Å². The van der Waals surface area contributed by atoms with Gasteiger partial charge in [0.25, 0.3) is 0 Å². The Kier molecular flexibility index (Phi) is 5.09. The molecule has 1 N–H and O–H groups in total. The van der Waals surface area contributed by atoms with Gasteiger partial charge in [0.1, 0.15) is 9.84 Å². The summed E-state index contributed by atoms with van der Waals surface area (Å²) in [4.78, 5) is 2.01. The summed E-state index contributed by atoms with van der Waals surface area (Å²) in [6.45, 7) is 1.34. The molecule has 6 heteroatoms. The lowest BCUT2D eigenvalue weighted by atomic mass is 10.1. The molecule has 2 rings (SSSR count). The average Bonchev–Trinajstić information content (AvgIpc) is 3.17. The van der Waals surface area contributed by atoms with Crippen molar-refractivity contribution in [2.75, 3.05) is 30.5 Å². The number of rotatable bonds is 7. The second kappa shape index (κ2) is 6.45. The van der Waals surface area contributed by atoms with Crippen molar-refractivity contribution in [3.05, 3.63) is 28.2 Å². The maximum atomic E-state index is 11.3. The summed E-state index contributed by atoms with van der Waals surface area (Å²) in [5.41, 5.74) is 2.28. The van der Waals surface area contributed by atoms with Crippen molar-refractivity contribution in [1.29, 1.82) is 0 Å². The predicted molar refractivity (Wildman–Crippen MR) is 87.0 cm³/mol. The molecule has 4 nitrogen and oxygen atoms in total. The fourth-order valence-corrected chi connectivity index (χ4v) is 2.96. The fourth-order valence-electron chi connectivity index (χ4n) is 2.01. The lowest BCUT2D eigenvalue weighted by Crippen LogP contribution is -2.27. The molecule has 0 amide bonds. The summed E-state index contributed by atoms with van der Waals surface area (Å²) < 4.78 is 23.6. The third-order valence-electron chi connectivity index (χ3n) is 3.41. The third-order valence-corrected chi connectivity index (χ3v) is 4.83. The van der Waals surface area contributed by atoms with Crippen molar-refractivity contribution in [1.82, 2.24) is 5.32 Å². The number of sulfone groups is 1. The van der Waals surface area contributed by atoms with E-state index in [-0.39, 0.29) is 5.75 Å². The molecule has 112 valence electrons. The molecule has 1 aliphatic rings. The van der Waals surface area contributed by atoms with Gasteiger partial charge in [0.15, 0.2) is 0 Å². The van der Waals surface area contributed by atoms with Crippen LogP contribution in [0.5, 0.6) is 0 Å². The lowest BCUT2D eigenvalue weighted by molar-refractivity contribution is 0.601. The lowest BCUT2D eigenvalue weighted by Gasteiger charge is -2.23. The standard InChI is InChI=1S/C14H21BrN2O2S/c1-17(7-8-20(2,18)19)14-9-12(15)4-3-11(14)10-16-13-5-6-13/h3-4,9,13,16H,5-8,10H2,1-2H3. The van der Waals surface area contributed by atoms with Gasteiger partial charge in [-0.15, -0.1) is 0 Å². The zero-order valence-electron chi connectivity index (χ0n) is 11.9. The van der Waals surface area contributed by atoms with E-state index in [1.165, 1.54) is 24.7 Å². The molecular formula is C14H21BrN2O2S. The van der Waals surface area contributed by atoms with Crippen molar-refractivity contribution in [2.24, 2.45) is 0 Å². The van der Waals surface area contributed by atoms with Crippen molar-refractivity contribution >= 4 is 31.5 Å². The van der Waals surface area contributed by atoms with E-state index in [2.05, 4.69) is 27.3 Å². The molecule has 0 bridgehead atoms. The molecule has 0 unspecified atom stereocenters. The zero-order chi connectivity index (χ0) is 14.8. The molecule has 1 saturated carbocycles. The molecule has 1 fully saturated rings. The van der Waals surface area contributed by atoms with E-state index in [1.807, 2.05) is 24.1 Å². The number of halogens is 1. The van der Waals surface area contributed by atoms with Crippen molar-refractivity contribution in [3.63, 3.8) is 0 Å². The first-order valence-electron chi connectivity index (χ1n) is 6.76. The molecule has 0 heterocycles. The second-order valence-corrected chi connectivity index (χ2v) is 8.66. The summed E-state index contributed by atoms with van der Waals surface area (Å²) in [6.07, 6.45) is 3.79. The molecule has 0 aromatic heterocycles. The highest BCUT2D eigenvalue weighted by Crippen LogP contribution is 2.26. The zero-order valence-corrected chi connectivity index (χ0v) is 14.3. The predicted octanol–water partition coefficient (Wildman–Crippen LogP) is 2.18. The minimum Gasteiger partial charge on any atom is -0.373 e. The van der Waals surface area contributed by atoms with Crippen LogP contribution in [0.4, 0.5) is 5.69 Å². The Bertz CT molecular complexity index is 571. The largest absolute Gasteiger partial charge is 0.373 e. The molecule has 1 aromatic rings. The van der Waals surface area contributed by atoms with Crippen LogP contribution in [0, 0.1) is 0 Å². The maximum Gasteiger partial charge on any atom is 0.149 e. The van der Waals surface area contributed by atoms with Gasteiger partial charge in [0, 0.05) is 42.6 Å². The van der Waals surface area contributed by atoms with Gasteiger partial charge in [0.2, 0.25) is 0 Å². The van der Waals surface area contributed by atoms with Gasteiger partial charge in [0.05, 0.1) is 5.75 Å². The van der Waals surface area contributed by atoms with Crippen LogP contribution in [-0.4, -0.2) is 40.1 Å². The molecule has 0 saturated heterocycles. The Hall–Kier alpha value is -0.590. The Morgan fingerprint density at radius 2 is 2.10 bits per heavy atom. The van der Waals surface area contributed by atoms with E-state index in [0.717, 1.165) is 16.7 Å². The molecule has 1 aliphatic carbocycles. The van der Waals surface area contributed by atoms with Gasteiger partial charge in [-0.2, -0.15) is 0 Å². The fraction of sp³-hybridized carbons (Fsp3) is 0.571. The first-order valence-corrected chi connectivity index (χ1v) is 9.61. The van der Waals surface area contributed by atoms with Crippen LogP contribution < -0.4 is 10.2 Å². The number of nitrogens with one attached hydrogen (secondary N) is 1. The maximum absolute atomic E-state index is 11.3. The van der Waals surface area contributed by atoms with Crippen molar-refractivity contribution < 1.29 is 8.42 Å². The van der Waals surface area contributed by atoms with E-state index >= 15 is 0 Å². The van der Waals surface area contributed by atoms with Crippen LogP contribution in [-0.2, 0) is 16.4 Å². The van der Waals surface area contributed by atoms with Crippen LogP contribution in [0.2, 0.25) is 0 Å². The first kappa shape index (κ1) is 15.8. The number of anilines is 1. The smallest absolute Gasteiger partial charge is 0.149 e. The van der Waals surface area contributed by atoms with Gasteiger partial charge >= 0.3 is 0 Å². The normalized spacial score (nSPS) is 15.3. The number of nitrogens with zero attached hydrogens (tertiary/aromatic N) is 1. The van der Waals surface area contributed by atoms with Gasteiger partial charge < -0.3 is 10.2 Å². The second-order valence-electron chi connectivity index (χ2n) is 5.48. The summed E-state index contributed by atoms with van der Waals surface area (Å²) in [7, 11) is -0.997. The van der Waals surface area contributed by atoms with Gasteiger partial charge in [-0.05, 0) is 30.5 Å².